The molecule has 1 aromatic carbocycles. The number of rotatable bonds is 5. The Hall–Kier alpha value is -2.62. The van der Waals surface area contributed by atoms with Crippen LogP contribution in [-0.4, -0.2) is 49.8 Å². The fourth-order valence-corrected chi connectivity index (χ4v) is 5.73. The molecule has 0 saturated carbocycles. The van der Waals surface area contributed by atoms with E-state index in [0.717, 1.165) is 5.56 Å². The van der Waals surface area contributed by atoms with Gasteiger partial charge in [-0.2, -0.15) is 9.67 Å². The van der Waals surface area contributed by atoms with Crippen molar-refractivity contribution in [3.05, 3.63) is 53.2 Å². The number of aromatic nitrogens is 3. The minimum atomic E-state index is -0.453. The summed E-state index contributed by atoms with van der Waals surface area (Å²) in [6.45, 7) is 1.31. The summed E-state index contributed by atoms with van der Waals surface area (Å²) in [7, 11) is 0. The maximum atomic E-state index is 13.4. The van der Waals surface area contributed by atoms with Gasteiger partial charge < -0.3 is 10.2 Å². The summed E-state index contributed by atoms with van der Waals surface area (Å²) in [6, 6.07) is 10.8. The number of nitrogens with zero attached hydrogens (tertiary/aromatic N) is 4. The molecule has 0 aliphatic carbocycles. The molecule has 2 unspecified atom stereocenters. The molecular formula is C21H20ClN5O3S. The van der Waals surface area contributed by atoms with Crippen molar-refractivity contribution in [2.24, 2.45) is 11.7 Å². The number of thioether (sulfide) groups is 1. The van der Waals surface area contributed by atoms with E-state index >= 15 is 0 Å². The highest BCUT2D eigenvalue weighted by atomic mass is 35.5. The standard InChI is InChI=1S/C21H20ClN5O3S/c22-14-5-2-1-4-13(14)16(26-9-7-12(8-10-26)18(23)28)17-20(29)27-21(31-17)24-19(25-27)15-6-3-11-30-15/h1-6,11-12,16-17H,7-10H2,(H2,23,28). The van der Waals surface area contributed by atoms with Gasteiger partial charge in [-0.3, -0.25) is 14.5 Å². The molecule has 2 aromatic heterocycles. The van der Waals surface area contributed by atoms with E-state index in [9.17, 15) is 9.59 Å². The van der Waals surface area contributed by atoms with Gasteiger partial charge in [-0.05, 0) is 49.7 Å². The number of likely N-dealkylation sites (tertiary alicyclic amines) is 1. The smallest absolute Gasteiger partial charge is 0.264 e. The number of hydrogen-bond donors (Lipinski definition) is 1. The molecule has 1 amide bonds. The second-order valence-electron chi connectivity index (χ2n) is 7.66. The fourth-order valence-electron chi connectivity index (χ4n) is 4.24. The molecular weight excluding hydrogens is 438 g/mol. The van der Waals surface area contributed by atoms with E-state index in [1.807, 2.05) is 24.3 Å². The predicted octanol–water partition coefficient (Wildman–Crippen LogP) is 3.24. The molecule has 2 N–H and O–H groups in total. The first-order chi connectivity index (χ1) is 15.0. The Morgan fingerprint density at radius 3 is 2.65 bits per heavy atom. The lowest BCUT2D eigenvalue weighted by Crippen LogP contribution is -2.45. The summed E-state index contributed by atoms with van der Waals surface area (Å²) in [5, 5.41) is 5.06. The first-order valence-electron chi connectivity index (χ1n) is 10.0. The third kappa shape index (κ3) is 3.66. The topological polar surface area (TPSA) is 107 Å². The van der Waals surface area contributed by atoms with Crippen LogP contribution in [0.2, 0.25) is 5.02 Å². The van der Waals surface area contributed by atoms with Crippen molar-refractivity contribution in [3.8, 4) is 11.6 Å². The summed E-state index contributed by atoms with van der Waals surface area (Å²) < 4.78 is 6.71. The van der Waals surface area contributed by atoms with Crippen molar-refractivity contribution >= 4 is 35.2 Å². The molecule has 5 rings (SSSR count). The lowest BCUT2D eigenvalue weighted by Gasteiger charge is -2.39. The van der Waals surface area contributed by atoms with Gasteiger partial charge in [0.15, 0.2) is 10.9 Å². The minimum absolute atomic E-state index is 0.136. The van der Waals surface area contributed by atoms with Crippen LogP contribution in [-0.2, 0) is 4.79 Å². The molecule has 3 aromatic rings. The predicted molar refractivity (Wildman–Crippen MR) is 116 cm³/mol. The van der Waals surface area contributed by atoms with Gasteiger partial charge in [0.25, 0.3) is 5.91 Å². The molecule has 1 fully saturated rings. The largest absolute Gasteiger partial charge is 0.461 e. The van der Waals surface area contributed by atoms with Crippen molar-refractivity contribution < 1.29 is 14.0 Å². The van der Waals surface area contributed by atoms with Crippen molar-refractivity contribution in [1.82, 2.24) is 19.7 Å². The molecule has 0 spiro atoms. The van der Waals surface area contributed by atoms with Gasteiger partial charge in [0.05, 0.1) is 12.3 Å². The Kier molecular flexibility index (Phi) is 5.33. The van der Waals surface area contributed by atoms with Crippen molar-refractivity contribution in [2.75, 3.05) is 13.1 Å². The van der Waals surface area contributed by atoms with Crippen molar-refractivity contribution in [1.29, 1.82) is 0 Å². The van der Waals surface area contributed by atoms with E-state index in [-0.39, 0.29) is 23.8 Å². The third-order valence-corrected chi connectivity index (χ3v) is 7.37. The number of benzene rings is 1. The second-order valence-corrected chi connectivity index (χ2v) is 9.18. The van der Waals surface area contributed by atoms with Gasteiger partial charge in [0.2, 0.25) is 11.7 Å². The third-order valence-electron chi connectivity index (χ3n) is 5.84. The number of primary amides is 1. The molecule has 2 aliphatic heterocycles. The molecule has 1 saturated heterocycles. The Bertz CT molecular complexity index is 1120. The first-order valence-corrected chi connectivity index (χ1v) is 11.3. The summed E-state index contributed by atoms with van der Waals surface area (Å²) in [5.41, 5.74) is 6.38. The first kappa shape index (κ1) is 20.3. The molecule has 31 heavy (non-hydrogen) atoms. The van der Waals surface area contributed by atoms with E-state index in [1.165, 1.54) is 16.4 Å². The van der Waals surface area contributed by atoms with Crippen LogP contribution in [0.25, 0.3) is 11.6 Å². The Morgan fingerprint density at radius 2 is 2.00 bits per heavy atom. The van der Waals surface area contributed by atoms with Gasteiger partial charge in [-0.15, -0.1) is 5.10 Å². The second kappa shape index (κ2) is 8.14. The Balaban J connectivity index is 1.46. The van der Waals surface area contributed by atoms with Crippen LogP contribution in [0, 0.1) is 5.92 Å². The van der Waals surface area contributed by atoms with Gasteiger partial charge in [-0.1, -0.05) is 41.6 Å². The summed E-state index contributed by atoms with van der Waals surface area (Å²) in [4.78, 5) is 31.7. The lowest BCUT2D eigenvalue weighted by molar-refractivity contribution is -0.123. The molecule has 2 aliphatic rings. The number of piperidine rings is 1. The number of carbonyl (C=O) groups is 2. The summed E-state index contributed by atoms with van der Waals surface area (Å²) in [5.74, 6) is 0.351. The lowest BCUT2D eigenvalue weighted by atomic mass is 9.92. The van der Waals surface area contributed by atoms with Gasteiger partial charge in [-0.25, -0.2) is 0 Å². The molecule has 0 bridgehead atoms. The van der Waals surface area contributed by atoms with Gasteiger partial charge in [0, 0.05) is 10.9 Å². The number of furan rings is 1. The normalized spacial score (nSPS) is 20.7. The zero-order chi connectivity index (χ0) is 21.5. The highest BCUT2D eigenvalue weighted by Crippen LogP contribution is 2.44. The SMILES string of the molecule is NC(=O)C1CCN(C(c2ccccc2Cl)C2Sc3nc(-c4ccco4)nn3C2=O)CC1. The molecule has 4 heterocycles. The van der Waals surface area contributed by atoms with Crippen LogP contribution in [0.3, 0.4) is 0 Å². The quantitative estimate of drug-likeness (QED) is 0.626. The number of nitrogens with two attached hydrogens (primary N) is 1. The maximum absolute atomic E-state index is 13.4. The molecule has 8 nitrogen and oxygen atoms in total. The Morgan fingerprint density at radius 1 is 1.23 bits per heavy atom. The average Bonchev–Trinajstić information content (AvgIpc) is 3.49. The summed E-state index contributed by atoms with van der Waals surface area (Å²) >= 11 is 7.93. The van der Waals surface area contributed by atoms with Crippen LogP contribution in [0.5, 0.6) is 0 Å². The maximum Gasteiger partial charge on any atom is 0.264 e. The highest BCUT2D eigenvalue weighted by Gasteiger charge is 2.44. The van der Waals surface area contributed by atoms with Crippen LogP contribution < -0.4 is 5.73 Å². The van der Waals surface area contributed by atoms with Gasteiger partial charge >= 0.3 is 0 Å². The number of carbonyl (C=O) groups excluding carboxylic acids is 2. The van der Waals surface area contributed by atoms with Crippen LogP contribution >= 0.6 is 23.4 Å². The number of fused-ring (bicyclic) bond motifs is 1. The van der Waals surface area contributed by atoms with E-state index < -0.39 is 5.25 Å². The van der Waals surface area contributed by atoms with Gasteiger partial charge in [0.1, 0.15) is 5.25 Å². The number of amides is 1. The average molecular weight is 458 g/mol. The molecule has 10 heteroatoms. The highest BCUT2D eigenvalue weighted by molar-refractivity contribution is 8.00. The molecule has 0 radical (unpaired) electrons. The fraction of sp³-hybridized carbons (Fsp3) is 0.333. The van der Waals surface area contributed by atoms with Crippen LogP contribution in [0.4, 0.5) is 0 Å². The Labute approximate surface area is 187 Å². The zero-order valence-corrected chi connectivity index (χ0v) is 18.1. The molecule has 2 atom stereocenters. The van der Waals surface area contributed by atoms with Crippen molar-refractivity contribution in [2.45, 2.75) is 29.3 Å². The minimum Gasteiger partial charge on any atom is -0.461 e. The number of halogens is 1. The van der Waals surface area contributed by atoms with Crippen LogP contribution in [0.1, 0.15) is 29.2 Å². The number of hydrogen-bond acceptors (Lipinski definition) is 7. The van der Waals surface area contributed by atoms with Crippen molar-refractivity contribution in [3.63, 3.8) is 0 Å². The van der Waals surface area contributed by atoms with Crippen LogP contribution in [0.15, 0.2) is 52.2 Å². The van der Waals surface area contributed by atoms with E-state index in [0.29, 0.717) is 47.7 Å². The van der Waals surface area contributed by atoms with E-state index in [1.54, 1.807) is 18.4 Å². The monoisotopic (exact) mass is 457 g/mol. The van der Waals surface area contributed by atoms with E-state index in [4.69, 9.17) is 21.8 Å². The molecule has 160 valence electrons. The summed E-state index contributed by atoms with van der Waals surface area (Å²) in [6.07, 6.45) is 2.86. The van der Waals surface area contributed by atoms with E-state index in [2.05, 4.69) is 15.0 Å². The zero-order valence-electron chi connectivity index (χ0n) is 16.5.